The van der Waals surface area contributed by atoms with Gasteiger partial charge in [-0.1, -0.05) is 30.3 Å². The largest absolute Gasteiger partial charge is 0.346 e. The van der Waals surface area contributed by atoms with Crippen molar-refractivity contribution in [2.75, 3.05) is 18.0 Å². The van der Waals surface area contributed by atoms with E-state index in [0.717, 1.165) is 11.3 Å². The average molecular weight is 419 g/mol. The van der Waals surface area contributed by atoms with E-state index in [1.165, 1.54) is 6.20 Å². The minimum Gasteiger partial charge on any atom is -0.346 e. The molecule has 2 aromatic heterocycles. The van der Waals surface area contributed by atoms with Gasteiger partial charge in [0.2, 0.25) is 0 Å². The Morgan fingerprint density at radius 2 is 1.81 bits per heavy atom. The molecule has 3 aromatic rings. The van der Waals surface area contributed by atoms with Crippen molar-refractivity contribution in [3.63, 3.8) is 0 Å². The number of halogens is 1. The van der Waals surface area contributed by atoms with E-state index in [1.807, 2.05) is 30.3 Å². The first kappa shape index (κ1) is 20.5. The fraction of sp³-hybridized carbons (Fsp3) is 0.217. The summed E-state index contributed by atoms with van der Waals surface area (Å²) in [7, 11) is 0. The molecule has 158 valence electrons. The van der Waals surface area contributed by atoms with Crippen LogP contribution in [-0.2, 0) is 19.8 Å². The lowest BCUT2D eigenvalue weighted by atomic mass is 10.1. The van der Waals surface area contributed by atoms with E-state index in [4.69, 9.17) is 0 Å². The van der Waals surface area contributed by atoms with E-state index in [2.05, 4.69) is 15.3 Å². The number of amides is 3. The van der Waals surface area contributed by atoms with Crippen LogP contribution in [0.5, 0.6) is 0 Å². The Bertz CT molecular complexity index is 1060. The van der Waals surface area contributed by atoms with Crippen molar-refractivity contribution in [1.82, 2.24) is 20.2 Å². The van der Waals surface area contributed by atoms with Gasteiger partial charge in [-0.2, -0.15) is 0 Å². The molecular formula is C23H22FN5O2. The van der Waals surface area contributed by atoms with E-state index in [9.17, 15) is 14.0 Å². The predicted octanol–water partition coefficient (Wildman–Crippen LogP) is 3.32. The average Bonchev–Trinajstić information content (AvgIpc) is 3.18. The Kier molecular flexibility index (Phi) is 6.16. The van der Waals surface area contributed by atoms with Crippen LogP contribution in [0, 0.1) is 0 Å². The van der Waals surface area contributed by atoms with Crippen LogP contribution in [0.25, 0.3) is 0 Å². The zero-order valence-electron chi connectivity index (χ0n) is 16.9. The van der Waals surface area contributed by atoms with Gasteiger partial charge in [-0.15, -0.1) is 0 Å². The zero-order valence-corrected chi connectivity index (χ0v) is 16.9. The first-order valence-electron chi connectivity index (χ1n) is 9.98. The molecule has 0 radical (unpaired) electrons. The number of benzene rings is 1. The number of rotatable bonds is 7. The second-order valence-electron chi connectivity index (χ2n) is 7.21. The first-order valence-corrected chi connectivity index (χ1v) is 9.98. The lowest BCUT2D eigenvalue weighted by Crippen LogP contribution is -2.32. The lowest BCUT2D eigenvalue weighted by molar-refractivity contribution is 0.0950. The molecule has 3 amide bonds. The number of urea groups is 1. The van der Waals surface area contributed by atoms with Crippen molar-refractivity contribution < 1.29 is 14.0 Å². The molecule has 7 nitrogen and oxygen atoms in total. The summed E-state index contributed by atoms with van der Waals surface area (Å²) in [6.45, 7) is 1.27. The van der Waals surface area contributed by atoms with Gasteiger partial charge in [-0.3, -0.25) is 14.7 Å². The van der Waals surface area contributed by atoms with Crippen molar-refractivity contribution in [2.24, 2.45) is 0 Å². The molecule has 1 saturated heterocycles. The number of carbonyl (C=O) groups is 2. The fourth-order valence-electron chi connectivity index (χ4n) is 3.38. The molecule has 0 spiro atoms. The van der Waals surface area contributed by atoms with Gasteiger partial charge in [0.25, 0.3) is 5.91 Å². The summed E-state index contributed by atoms with van der Waals surface area (Å²) >= 11 is 0. The minimum absolute atomic E-state index is 0.173. The van der Waals surface area contributed by atoms with Crippen LogP contribution >= 0.6 is 0 Å². The zero-order chi connectivity index (χ0) is 21.6. The summed E-state index contributed by atoms with van der Waals surface area (Å²) in [4.78, 5) is 37.1. The third-order valence-corrected chi connectivity index (χ3v) is 5.09. The van der Waals surface area contributed by atoms with Crippen molar-refractivity contribution in [3.05, 3.63) is 89.4 Å². The molecule has 3 heterocycles. The van der Waals surface area contributed by atoms with Crippen LogP contribution in [-0.4, -0.2) is 39.9 Å². The summed E-state index contributed by atoms with van der Waals surface area (Å²) in [5.41, 5.74) is 2.73. The second kappa shape index (κ2) is 9.34. The molecule has 4 rings (SSSR count). The van der Waals surface area contributed by atoms with Crippen LogP contribution < -0.4 is 10.2 Å². The third kappa shape index (κ3) is 4.85. The summed E-state index contributed by atoms with van der Waals surface area (Å²) in [6, 6.07) is 15.7. The molecule has 31 heavy (non-hydrogen) atoms. The number of alkyl halides is 1. The Morgan fingerprint density at radius 3 is 2.55 bits per heavy atom. The van der Waals surface area contributed by atoms with Crippen LogP contribution in [0.15, 0.2) is 67.0 Å². The normalized spacial score (nSPS) is 13.5. The molecule has 0 aliphatic carbocycles. The van der Waals surface area contributed by atoms with Crippen LogP contribution in [0.3, 0.4) is 0 Å². The highest BCUT2D eigenvalue weighted by Crippen LogP contribution is 2.21. The maximum atomic E-state index is 12.9. The highest BCUT2D eigenvalue weighted by Gasteiger charge is 2.30. The van der Waals surface area contributed by atoms with Gasteiger partial charge >= 0.3 is 6.03 Å². The van der Waals surface area contributed by atoms with Crippen molar-refractivity contribution >= 4 is 17.8 Å². The molecular weight excluding hydrogens is 397 g/mol. The molecule has 1 aliphatic heterocycles. The molecule has 0 saturated carbocycles. The highest BCUT2D eigenvalue weighted by molar-refractivity contribution is 5.97. The summed E-state index contributed by atoms with van der Waals surface area (Å²) in [5.74, 6) is 0.177. The van der Waals surface area contributed by atoms with Gasteiger partial charge in [0.1, 0.15) is 12.5 Å². The van der Waals surface area contributed by atoms with Gasteiger partial charge in [0, 0.05) is 37.6 Å². The summed E-state index contributed by atoms with van der Waals surface area (Å²) in [5, 5.41) is 2.83. The molecule has 1 aliphatic rings. The van der Waals surface area contributed by atoms with Crippen LogP contribution in [0.1, 0.15) is 27.2 Å². The van der Waals surface area contributed by atoms with Gasteiger partial charge in [0.05, 0.1) is 12.2 Å². The van der Waals surface area contributed by atoms with Gasteiger partial charge in [-0.05, 0) is 35.4 Å². The minimum atomic E-state index is -0.506. The maximum absolute atomic E-state index is 12.9. The SMILES string of the molecule is O=C(NCc1ccccn1)c1ccnc(N2CCN(Cc3ccc(CF)cc3)C2=O)c1. The number of anilines is 1. The molecule has 1 fully saturated rings. The standard InChI is InChI=1S/C23H22FN5O2/c24-14-17-4-6-18(7-5-17)16-28-11-12-29(23(28)31)21-13-19(8-10-26-21)22(30)27-15-20-3-1-2-9-25-20/h1-10,13H,11-12,14-16H2,(H,27,30). The predicted molar refractivity (Wildman–Crippen MR) is 114 cm³/mol. The quantitative estimate of drug-likeness (QED) is 0.637. The third-order valence-electron chi connectivity index (χ3n) is 5.09. The van der Waals surface area contributed by atoms with E-state index in [1.54, 1.807) is 40.3 Å². The monoisotopic (exact) mass is 419 g/mol. The van der Waals surface area contributed by atoms with Gasteiger partial charge in [-0.25, -0.2) is 14.2 Å². The number of aromatic nitrogens is 2. The molecule has 1 N–H and O–H groups in total. The van der Waals surface area contributed by atoms with Gasteiger partial charge < -0.3 is 10.2 Å². The first-order chi connectivity index (χ1) is 15.1. The summed E-state index contributed by atoms with van der Waals surface area (Å²) < 4.78 is 12.7. The highest BCUT2D eigenvalue weighted by atomic mass is 19.1. The molecule has 8 heteroatoms. The smallest absolute Gasteiger partial charge is 0.326 e. The number of nitrogens with zero attached hydrogens (tertiary/aromatic N) is 4. The number of carbonyl (C=O) groups excluding carboxylic acids is 2. The molecule has 0 atom stereocenters. The Balaban J connectivity index is 1.40. The maximum Gasteiger partial charge on any atom is 0.326 e. The second-order valence-corrected chi connectivity index (χ2v) is 7.21. The lowest BCUT2D eigenvalue weighted by Gasteiger charge is -2.18. The van der Waals surface area contributed by atoms with Gasteiger partial charge in [0.15, 0.2) is 0 Å². The molecule has 1 aromatic carbocycles. The van der Waals surface area contributed by atoms with E-state index in [0.29, 0.717) is 43.1 Å². The Hall–Kier alpha value is -3.81. The number of pyridine rings is 2. The fourth-order valence-corrected chi connectivity index (χ4v) is 3.38. The Labute approximate surface area is 179 Å². The van der Waals surface area contributed by atoms with Crippen molar-refractivity contribution in [1.29, 1.82) is 0 Å². The van der Waals surface area contributed by atoms with E-state index in [-0.39, 0.29) is 11.9 Å². The number of hydrogen-bond acceptors (Lipinski definition) is 4. The van der Waals surface area contributed by atoms with E-state index < -0.39 is 6.67 Å². The van der Waals surface area contributed by atoms with Crippen LogP contribution in [0.4, 0.5) is 15.0 Å². The van der Waals surface area contributed by atoms with Crippen molar-refractivity contribution in [2.45, 2.75) is 19.8 Å². The topological polar surface area (TPSA) is 78.4 Å². The van der Waals surface area contributed by atoms with Crippen molar-refractivity contribution in [3.8, 4) is 0 Å². The molecule has 0 bridgehead atoms. The van der Waals surface area contributed by atoms with Crippen LogP contribution in [0.2, 0.25) is 0 Å². The van der Waals surface area contributed by atoms with E-state index >= 15 is 0 Å². The molecule has 0 unspecified atom stereocenters. The number of hydrogen-bond donors (Lipinski definition) is 1. The Morgan fingerprint density at radius 1 is 1.00 bits per heavy atom. The number of nitrogens with one attached hydrogen (secondary N) is 1. The summed E-state index contributed by atoms with van der Waals surface area (Å²) in [6.07, 6.45) is 3.20.